The Balaban J connectivity index is 1.88. The number of carbonyl (C=O) groups is 1. The molecule has 9 nitrogen and oxygen atoms in total. The first-order chi connectivity index (χ1) is 14.1. The van der Waals surface area contributed by atoms with Crippen molar-refractivity contribution in [1.29, 1.82) is 0 Å². The Labute approximate surface area is 171 Å². The van der Waals surface area contributed by atoms with Crippen LogP contribution in [-0.4, -0.2) is 46.8 Å². The molecule has 0 aliphatic rings. The molecule has 3 N–H and O–H groups in total. The maximum Gasteiger partial charge on any atom is 0.305 e. The number of fused-ring (bicyclic) bond motifs is 2. The highest BCUT2D eigenvalue weighted by atomic mass is 19.1. The number of H-pyrrole nitrogens is 1. The fourth-order valence-electron chi connectivity index (χ4n) is 3.32. The zero-order chi connectivity index (χ0) is 21.6. The monoisotopic (exact) mass is 411 g/mol. The van der Waals surface area contributed by atoms with Crippen LogP contribution in [0.15, 0.2) is 24.5 Å². The maximum absolute atomic E-state index is 13.8. The average Bonchev–Trinajstić information content (AvgIpc) is 3.23. The highest BCUT2D eigenvalue weighted by Crippen LogP contribution is 2.31. The summed E-state index contributed by atoms with van der Waals surface area (Å²) in [5, 5.41) is 20.8. The van der Waals surface area contributed by atoms with Crippen LogP contribution < -0.4 is 5.32 Å². The number of nitrogens with zero attached hydrogens (tertiary/aromatic N) is 5. The van der Waals surface area contributed by atoms with E-state index in [1.54, 1.807) is 0 Å². The van der Waals surface area contributed by atoms with E-state index in [4.69, 9.17) is 0 Å². The Morgan fingerprint density at radius 2 is 2.10 bits per heavy atom. The molecule has 0 fully saturated rings. The number of aromatic nitrogens is 6. The van der Waals surface area contributed by atoms with Gasteiger partial charge in [-0.2, -0.15) is 5.10 Å². The van der Waals surface area contributed by atoms with Crippen molar-refractivity contribution in [3.8, 4) is 11.5 Å². The summed E-state index contributed by atoms with van der Waals surface area (Å²) in [6, 6.07) is 2.82. The lowest BCUT2D eigenvalue weighted by atomic mass is 9.84. The van der Waals surface area contributed by atoms with Gasteiger partial charge in [0.05, 0.1) is 23.4 Å². The van der Waals surface area contributed by atoms with Crippen molar-refractivity contribution in [2.75, 3.05) is 5.32 Å². The van der Waals surface area contributed by atoms with Crippen molar-refractivity contribution in [2.24, 2.45) is 12.5 Å². The molecule has 30 heavy (non-hydrogen) atoms. The van der Waals surface area contributed by atoms with Crippen LogP contribution in [0.4, 0.5) is 10.2 Å². The third-order valence-electron chi connectivity index (χ3n) is 5.06. The first kappa shape index (κ1) is 19.7. The summed E-state index contributed by atoms with van der Waals surface area (Å²) in [5.41, 5.74) is 1.11. The lowest BCUT2D eigenvalue weighted by molar-refractivity contribution is -0.137. The van der Waals surface area contributed by atoms with E-state index in [0.29, 0.717) is 34.0 Å². The normalized spacial score (nSPS) is 13.1. The van der Waals surface area contributed by atoms with Crippen molar-refractivity contribution < 1.29 is 14.3 Å². The Kier molecular flexibility index (Phi) is 4.64. The molecule has 1 unspecified atom stereocenters. The highest BCUT2D eigenvalue weighted by molar-refractivity contribution is 5.93. The van der Waals surface area contributed by atoms with Crippen LogP contribution in [0.1, 0.15) is 27.2 Å². The number of halogens is 1. The Hall–Kier alpha value is -3.56. The van der Waals surface area contributed by atoms with Gasteiger partial charge in [0.2, 0.25) is 0 Å². The summed E-state index contributed by atoms with van der Waals surface area (Å²) >= 11 is 0. The second-order valence-corrected chi connectivity index (χ2v) is 8.34. The Morgan fingerprint density at radius 1 is 1.33 bits per heavy atom. The van der Waals surface area contributed by atoms with Gasteiger partial charge in [0.25, 0.3) is 0 Å². The van der Waals surface area contributed by atoms with Gasteiger partial charge in [-0.3, -0.25) is 9.89 Å². The SMILES string of the molecule is Cn1ccc2c(NC(CC(=O)O)C(C)(C)C)nc(-c3[nH]nc4ncc(F)cc34)nc21. The van der Waals surface area contributed by atoms with E-state index < -0.39 is 11.8 Å². The number of aliphatic carboxylic acids is 1. The van der Waals surface area contributed by atoms with Crippen LogP contribution >= 0.6 is 0 Å². The molecule has 0 aliphatic heterocycles. The van der Waals surface area contributed by atoms with Crippen LogP contribution in [0.5, 0.6) is 0 Å². The van der Waals surface area contributed by atoms with E-state index in [-0.39, 0.29) is 17.9 Å². The second-order valence-electron chi connectivity index (χ2n) is 8.34. The molecule has 0 saturated carbocycles. The van der Waals surface area contributed by atoms with E-state index in [1.165, 1.54) is 6.07 Å². The number of aromatic amines is 1. The van der Waals surface area contributed by atoms with Gasteiger partial charge in [0.15, 0.2) is 11.5 Å². The molecule has 10 heteroatoms. The third kappa shape index (κ3) is 3.56. The zero-order valence-corrected chi connectivity index (χ0v) is 17.1. The van der Waals surface area contributed by atoms with E-state index >= 15 is 0 Å². The molecule has 1 atom stereocenters. The summed E-state index contributed by atoms with van der Waals surface area (Å²) in [6.45, 7) is 5.90. The summed E-state index contributed by atoms with van der Waals surface area (Å²) in [6.07, 6.45) is 2.88. The highest BCUT2D eigenvalue weighted by Gasteiger charge is 2.28. The van der Waals surface area contributed by atoms with Crippen LogP contribution in [-0.2, 0) is 11.8 Å². The first-order valence-electron chi connectivity index (χ1n) is 9.45. The van der Waals surface area contributed by atoms with Gasteiger partial charge in [0, 0.05) is 19.3 Å². The molecule has 4 rings (SSSR count). The van der Waals surface area contributed by atoms with Gasteiger partial charge < -0.3 is 15.0 Å². The quantitative estimate of drug-likeness (QED) is 0.460. The summed E-state index contributed by atoms with van der Waals surface area (Å²) < 4.78 is 15.6. The minimum absolute atomic E-state index is 0.0702. The van der Waals surface area contributed by atoms with Crippen molar-refractivity contribution in [3.63, 3.8) is 0 Å². The lowest BCUT2D eigenvalue weighted by Gasteiger charge is -2.31. The molecule has 0 radical (unpaired) electrons. The van der Waals surface area contributed by atoms with Gasteiger partial charge in [-0.1, -0.05) is 20.8 Å². The second kappa shape index (κ2) is 7.05. The third-order valence-corrected chi connectivity index (χ3v) is 5.06. The number of pyridine rings is 1. The average molecular weight is 411 g/mol. The van der Waals surface area contributed by atoms with Crippen molar-refractivity contribution >= 4 is 33.9 Å². The molecule has 156 valence electrons. The number of aryl methyl sites for hydroxylation is 1. The van der Waals surface area contributed by atoms with Crippen molar-refractivity contribution in [3.05, 3.63) is 30.3 Å². The molecule has 0 saturated heterocycles. The predicted molar refractivity (Wildman–Crippen MR) is 110 cm³/mol. The number of carboxylic acids is 1. The van der Waals surface area contributed by atoms with Crippen LogP contribution in [0, 0.1) is 11.2 Å². The van der Waals surface area contributed by atoms with E-state index in [9.17, 15) is 14.3 Å². The number of hydrogen-bond donors (Lipinski definition) is 3. The predicted octanol–water partition coefficient (Wildman–Crippen LogP) is 3.35. The van der Waals surface area contributed by atoms with Crippen LogP contribution in [0.25, 0.3) is 33.6 Å². The van der Waals surface area contributed by atoms with E-state index in [2.05, 4.69) is 30.5 Å². The van der Waals surface area contributed by atoms with Gasteiger partial charge in [0.1, 0.15) is 23.0 Å². The van der Waals surface area contributed by atoms with Gasteiger partial charge in [-0.05, 0) is 17.5 Å². The van der Waals surface area contributed by atoms with Crippen LogP contribution in [0.3, 0.4) is 0 Å². The molecule has 4 heterocycles. The molecule has 0 spiro atoms. The largest absolute Gasteiger partial charge is 0.481 e. The van der Waals surface area contributed by atoms with Gasteiger partial charge >= 0.3 is 5.97 Å². The van der Waals surface area contributed by atoms with Crippen molar-refractivity contribution in [1.82, 2.24) is 29.7 Å². The molecule has 0 aromatic carbocycles. The minimum Gasteiger partial charge on any atom is -0.481 e. The summed E-state index contributed by atoms with van der Waals surface area (Å²) in [7, 11) is 1.85. The Bertz CT molecular complexity index is 1260. The topological polar surface area (TPSA) is 122 Å². The number of carboxylic acid groups (broad SMARTS) is 1. The molecular weight excluding hydrogens is 389 g/mol. The minimum atomic E-state index is -0.901. The fourth-order valence-corrected chi connectivity index (χ4v) is 3.32. The molecular formula is C20H22FN7O2. The fraction of sp³-hybridized carbons (Fsp3) is 0.350. The number of rotatable bonds is 5. The lowest BCUT2D eigenvalue weighted by Crippen LogP contribution is -2.36. The molecule has 0 amide bonds. The maximum atomic E-state index is 13.8. The summed E-state index contributed by atoms with van der Waals surface area (Å²) in [4.78, 5) is 24.7. The number of anilines is 1. The summed E-state index contributed by atoms with van der Waals surface area (Å²) in [5.74, 6) is -0.576. The standard InChI is InChI=1S/C20H22FN7O2/c1-20(2,3)13(8-14(29)30)23-17-11-5-6-28(4)19(11)25-18(24-17)15-12-7-10(21)9-22-16(12)27-26-15/h5-7,9,13H,8H2,1-4H3,(H,29,30)(H,22,26,27)(H,23,24,25). The molecule has 4 aromatic heterocycles. The van der Waals surface area contributed by atoms with Crippen LogP contribution in [0.2, 0.25) is 0 Å². The number of hydrogen-bond acceptors (Lipinski definition) is 6. The van der Waals surface area contributed by atoms with Gasteiger partial charge in [-0.25, -0.2) is 19.3 Å². The molecule has 0 bridgehead atoms. The van der Waals surface area contributed by atoms with Gasteiger partial charge in [-0.15, -0.1) is 0 Å². The first-order valence-corrected chi connectivity index (χ1v) is 9.45. The zero-order valence-electron chi connectivity index (χ0n) is 17.1. The van der Waals surface area contributed by atoms with E-state index in [1.807, 2.05) is 44.6 Å². The smallest absolute Gasteiger partial charge is 0.305 e. The number of nitrogens with one attached hydrogen (secondary N) is 2. The van der Waals surface area contributed by atoms with E-state index in [0.717, 1.165) is 11.6 Å². The Morgan fingerprint density at radius 3 is 2.80 bits per heavy atom. The molecule has 4 aromatic rings. The van der Waals surface area contributed by atoms with Crippen molar-refractivity contribution in [2.45, 2.75) is 33.2 Å². The molecule has 0 aliphatic carbocycles.